The predicted octanol–water partition coefficient (Wildman–Crippen LogP) is 4.36. The Balaban J connectivity index is 2.19. The van der Waals surface area contributed by atoms with Crippen LogP contribution in [0.2, 0.25) is 5.15 Å². The van der Waals surface area contributed by atoms with Crippen LogP contribution in [0.1, 0.15) is 24.1 Å². The topological polar surface area (TPSA) is 24.9 Å². The second-order valence-electron chi connectivity index (χ2n) is 4.22. The highest BCUT2D eigenvalue weighted by molar-refractivity contribution is 6.31. The van der Waals surface area contributed by atoms with Crippen LogP contribution in [0.5, 0.6) is 0 Å². The van der Waals surface area contributed by atoms with E-state index in [2.05, 4.69) is 10.3 Å². The summed E-state index contributed by atoms with van der Waals surface area (Å²) in [6.45, 7) is 3.70. The lowest BCUT2D eigenvalue weighted by Gasteiger charge is -2.16. The monoisotopic (exact) mass is 264 g/mol. The highest BCUT2D eigenvalue weighted by Crippen LogP contribution is 2.24. The molecule has 2 aromatic rings. The fourth-order valence-corrected chi connectivity index (χ4v) is 1.86. The van der Waals surface area contributed by atoms with Gasteiger partial charge in [-0.1, -0.05) is 23.7 Å². The van der Waals surface area contributed by atoms with Crippen LogP contribution in [0.3, 0.4) is 0 Å². The zero-order chi connectivity index (χ0) is 13.1. The largest absolute Gasteiger partial charge is 0.376 e. The summed E-state index contributed by atoms with van der Waals surface area (Å²) in [6, 6.07) is 8.82. The van der Waals surface area contributed by atoms with Crippen LogP contribution in [-0.2, 0) is 0 Å². The predicted molar refractivity (Wildman–Crippen MR) is 72.4 cm³/mol. The third-order valence-corrected chi connectivity index (χ3v) is 3.13. The summed E-state index contributed by atoms with van der Waals surface area (Å²) >= 11 is 5.96. The van der Waals surface area contributed by atoms with Crippen molar-refractivity contribution >= 4 is 17.3 Å². The van der Waals surface area contributed by atoms with Crippen LogP contribution in [0.25, 0.3) is 0 Å². The van der Waals surface area contributed by atoms with Crippen molar-refractivity contribution in [1.29, 1.82) is 0 Å². The van der Waals surface area contributed by atoms with Gasteiger partial charge in [-0.2, -0.15) is 0 Å². The molecule has 0 amide bonds. The lowest BCUT2D eigenvalue weighted by molar-refractivity contribution is 0.614. The molecule has 0 aliphatic rings. The molecule has 4 heteroatoms. The summed E-state index contributed by atoms with van der Waals surface area (Å²) < 4.78 is 13.5. The van der Waals surface area contributed by atoms with Crippen molar-refractivity contribution in [2.75, 3.05) is 5.32 Å². The van der Waals surface area contributed by atoms with Gasteiger partial charge in [0.15, 0.2) is 5.15 Å². The SMILES string of the molecule is Cc1ccc(C(C)Nc2cccnc2Cl)cc1F. The summed E-state index contributed by atoms with van der Waals surface area (Å²) in [5, 5.41) is 3.63. The first-order valence-corrected chi connectivity index (χ1v) is 6.09. The molecular formula is C14H14ClFN2. The molecule has 1 atom stereocenters. The Kier molecular flexibility index (Phi) is 3.82. The van der Waals surface area contributed by atoms with Crippen LogP contribution in [0.4, 0.5) is 10.1 Å². The van der Waals surface area contributed by atoms with Gasteiger partial charge in [0.25, 0.3) is 0 Å². The van der Waals surface area contributed by atoms with Crippen molar-refractivity contribution in [1.82, 2.24) is 4.98 Å². The van der Waals surface area contributed by atoms with Gasteiger partial charge in [0.05, 0.1) is 5.69 Å². The number of benzene rings is 1. The van der Waals surface area contributed by atoms with E-state index >= 15 is 0 Å². The highest BCUT2D eigenvalue weighted by atomic mass is 35.5. The second-order valence-corrected chi connectivity index (χ2v) is 4.57. The molecule has 1 N–H and O–H groups in total. The molecule has 1 aromatic heterocycles. The van der Waals surface area contributed by atoms with Gasteiger partial charge in [-0.05, 0) is 43.2 Å². The first kappa shape index (κ1) is 12.8. The second kappa shape index (κ2) is 5.36. The third-order valence-electron chi connectivity index (χ3n) is 2.83. The van der Waals surface area contributed by atoms with Gasteiger partial charge >= 0.3 is 0 Å². The van der Waals surface area contributed by atoms with Crippen molar-refractivity contribution in [3.05, 3.63) is 58.6 Å². The molecule has 0 fully saturated rings. The van der Waals surface area contributed by atoms with E-state index in [1.54, 1.807) is 25.3 Å². The van der Waals surface area contributed by atoms with Crippen LogP contribution in [0, 0.1) is 12.7 Å². The average Bonchev–Trinajstić information content (AvgIpc) is 2.35. The molecule has 0 aliphatic carbocycles. The maximum absolute atomic E-state index is 13.5. The molecule has 1 aromatic carbocycles. The minimum Gasteiger partial charge on any atom is -0.376 e. The van der Waals surface area contributed by atoms with Gasteiger partial charge in [0.2, 0.25) is 0 Å². The summed E-state index contributed by atoms with van der Waals surface area (Å²) in [6.07, 6.45) is 1.63. The molecule has 18 heavy (non-hydrogen) atoms. The van der Waals surface area contributed by atoms with E-state index in [9.17, 15) is 4.39 Å². The van der Waals surface area contributed by atoms with Crippen LogP contribution in [0.15, 0.2) is 36.5 Å². The molecule has 94 valence electrons. The Labute approximate surface area is 111 Å². The maximum Gasteiger partial charge on any atom is 0.152 e. The molecular weight excluding hydrogens is 251 g/mol. The van der Waals surface area contributed by atoms with Crippen molar-refractivity contribution in [2.45, 2.75) is 19.9 Å². The summed E-state index contributed by atoms with van der Waals surface area (Å²) in [4.78, 5) is 3.99. The first-order chi connectivity index (χ1) is 8.58. The Morgan fingerprint density at radius 2 is 2.11 bits per heavy atom. The van der Waals surface area contributed by atoms with Crippen molar-refractivity contribution in [3.63, 3.8) is 0 Å². The number of hydrogen-bond acceptors (Lipinski definition) is 2. The molecule has 0 aliphatic heterocycles. The zero-order valence-corrected chi connectivity index (χ0v) is 11.0. The van der Waals surface area contributed by atoms with E-state index in [-0.39, 0.29) is 11.9 Å². The van der Waals surface area contributed by atoms with E-state index in [1.165, 1.54) is 6.07 Å². The summed E-state index contributed by atoms with van der Waals surface area (Å²) in [5.41, 5.74) is 2.26. The van der Waals surface area contributed by atoms with E-state index in [4.69, 9.17) is 11.6 Å². The molecule has 0 saturated heterocycles. The van der Waals surface area contributed by atoms with Crippen LogP contribution >= 0.6 is 11.6 Å². The molecule has 2 nitrogen and oxygen atoms in total. The van der Waals surface area contributed by atoms with Gasteiger partial charge in [0, 0.05) is 12.2 Å². The Morgan fingerprint density at radius 3 is 2.78 bits per heavy atom. The van der Waals surface area contributed by atoms with E-state index in [0.717, 1.165) is 11.3 Å². The van der Waals surface area contributed by atoms with Crippen molar-refractivity contribution in [3.8, 4) is 0 Å². The average molecular weight is 265 g/mol. The molecule has 2 rings (SSSR count). The number of anilines is 1. The molecule has 1 heterocycles. The molecule has 0 bridgehead atoms. The van der Waals surface area contributed by atoms with Crippen molar-refractivity contribution < 1.29 is 4.39 Å². The molecule has 0 saturated carbocycles. The fourth-order valence-electron chi connectivity index (χ4n) is 1.69. The van der Waals surface area contributed by atoms with Crippen molar-refractivity contribution in [2.24, 2.45) is 0 Å². The summed E-state index contributed by atoms with van der Waals surface area (Å²) in [7, 11) is 0. The third kappa shape index (κ3) is 2.79. The van der Waals surface area contributed by atoms with Gasteiger partial charge in [0.1, 0.15) is 5.82 Å². The normalized spacial score (nSPS) is 12.2. The molecule has 1 unspecified atom stereocenters. The van der Waals surface area contributed by atoms with E-state index < -0.39 is 0 Å². The van der Waals surface area contributed by atoms with Gasteiger partial charge in [-0.25, -0.2) is 9.37 Å². The Morgan fingerprint density at radius 1 is 1.33 bits per heavy atom. The number of pyridine rings is 1. The number of aromatic nitrogens is 1. The number of halogens is 2. The first-order valence-electron chi connectivity index (χ1n) is 5.71. The maximum atomic E-state index is 13.5. The number of hydrogen-bond donors (Lipinski definition) is 1. The molecule has 0 radical (unpaired) electrons. The van der Waals surface area contributed by atoms with E-state index in [0.29, 0.717) is 10.7 Å². The highest BCUT2D eigenvalue weighted by Gasteiger charge is 2.09. The van der Waals surface area contributed by atoms with Gasteiger partial charge in [-0.15, -0.1) is 0 Å². The zero-order valence-electron chi connectivity index (χ0n) is 10.2. The number of nitrogens with zero attached hydrogens (tertiary/aromatic N) is 1. The Bertz CT molecular complexity index is 557. The smallest absolute Gasteiger partial charge is 0.152 e. The quantitative estimate of drug-likeness (QED) is 0.834. The standard InChI is InChI=1S/C14H14ClFN2/c1-9-5-6-11(8-12(9)16)10(2)18-13-4-3-7-17-14(13)15/h3-8,10,18H,1-2H3. The molecule has 0 spiro atoms. The summed E-state index contributed by atoms with van der Waals surface area (Å²) in [5.74, 6) is -0.196. The fraction of sp³-hybridized carbons (Fsp3) is 0.214. The van der Waals surface area contributed by atoms with Gasteiger partial charge < -0.3 is 5.32 Å². The van der Waals surface area contributed by atoms with Gasteiger partial charge in [-0.3, -0.25) is 0 Å². The number of rotatable bonds is 3. The van der Waals surface area contributed by atoms with E-state index in [1.807, 2.05) is 19.1 Å². The minimum absolute atomic E-state index is 0.0400. The van der Waals surface area contributed by atoms with Crippen LogP contribution < -0.4 is 5.32 Å². The lowest BCUT2D eigenvalue weighted by Crippen LogP contribution is -2.07. The number of aryl methyl sites for hydroxylation is 1. The minimum atomic E-state index is -0.196. The Hall–Kier alpha value is -1.61. The lowest BCUT2D eigenvalue weighted by atomic mass is 10.1. The van der Waals surface area contributed by atoms with Crippen LogP contribution in [-0.4, -0.2) is 4.98 Å². The number of nitrogens with one attached hydrogen (secondary N) is 1.